The summed E-state index contributed by atoms with van der Waals surface area (Å²) in [6, 6.07) is 14.8. The Balaban J connectivity index is 1.93. The van der Waals surface area contributed by atoms with Crippen molar-refractivity contribution in [3.63, 3.8) is 0 Å². The number of aliphatic hydroxyl groups is 1. The average molecular weight is 263 g/mol. The van der Waals surface area contributed by atoms with Crippen LogP contribution < -0.4 is 4.74 Å². The van der Waals surface area contributed by atoms with Crippen molar-refractivity contribution in [3.05, 3.63) is 64.7 Å². The molecule has 0 aliphatic rings. The van der Waals surface area contributed by atoms with Crippen molar-refractivity contribution < 1.29 is 9.84 Å². The van der Waals surface area contributed by atoms with Crippen molar-refractivity contribution in [2.45, 2.75) is 13.0 Å². The van der Waals surface area contributed by atoms with Crippen molar-refractivity contribution in [2.75, 3.05) is 6.61 Å². The van der Waals surface area contributed by atoms with Gasteiger partial charge in [0.15, 0.2) is 0 Å². The highest BCUT2D eigenvalue weighted by Gasteiger charge is 2.07. The van der Waals surface area contributed by atoms with E-state index in [4.69, 9.17) is 16.3 Å². The van der Waals surface area contributed by atoms with Crippen molar-refractivity contribution in [2.24, 2.45) is 0 Å². The molecule has 2 aromatic rings. The van der Waals surface area contributed by atoms with Gasteiger partial charge in [-0.3, -0.25) is 0 Å². The maximum atomic E-state index is 9.98. The molecular formula is C15H15ClO2. The van der Waals surface area contributed by atoms with Crippen molar-refractivity contribution in [1.82, 2.24) is 0 Å². The van der Waals surface area contributed by atoms with E-state index >= 15 is 0 Å². The third kappa shape index (κ3) is 3.49. The number of benzene rings is 2. The van der Waals surface area contributed by atoms with Crippen LogP contribution in [0.1, 0.15) is 17.2 Å². The molecule has 0 aliphatic heterocycles. The van der Waals surface area contributed by atoms with E-state index in [1.54, 1.807) is 24.3 Å². The molecule has 0 heterocycles. The van der Waals surface area contributed by atoms with Crippen molar-refractivity contribution in [3.8, 4) is 5.75 Å². The molecule has 0 radical (unpaired) electrons. The lowest BCUT2D eigenvalue weighted by molar-refractivity contribution is 0.108. The van der Waals surface area contributed by atoms with Gasteiger partial charge in [-0.25, -0.2) is 0 Å². The second kappa shape index (κ2) is 5.89. The van der Waals surface area contributed by atoms with Gasteiger partial charge >= 0.3 is 0 Å². The van der Waals surface area contributed by atoms with Gasteiger partial charge < -0.3 is 9.84 Å². The molecule has 0 saturated heterocycles. The maximum Gasteiger partial charge on any atom is 0.119 e. The summed E-state index contributed by atoms with van der Waals surface area (Å²) in [5, 5.41) is 10.6. The molecule has 0 spiro atoms. The Kier molecular flexibility index (Phi) is 4.24. The lowest BCUT2D eigenvalue weighted by Crippen LogP contribution is -2.09. The molecule has 1 unspecified atom stereocenters. The smallest absolute Gasteiger partial charge is 0.119 e. The summed E-state index contributed by atoms with van der Waals surface area (Å²) >= 11 is 5.78. The van der Waals surface area contributed by atoms with Crippen LogP contribution in [0.4, 0.5) is 0 Å². The number of rotatable bonds is 4. The van der Waals surface area contributed by atoms with Gasteiger partial charge in [0.2, 0.25) is 0 Å². The van der Waals surface area contributed by atoms with E-state index in [0.29, 0.717) is 10.8 Å². The minimum absolute atomic E-state index is 0.227. The normalized spacial score (nSPS) is 12.2. The number of aryl methyl sites for hydroxylation is 1. The third-order valence-electron chi connectivity index (χ3n) is 2.68. The van der Waals surface area contributed by atoms with Crippen molar-refractivity contribution >= 4 is 11.6 Å². The number of aliphatic hydroxyl groups excluding tert-OH is 1. The SMILES string of the molecule is Cc1ccc(C(O)COc2ccc(Cl)cc2)cc1. The van der Waals surface area contributed by atoms with Crippen LogP contribution in [-0.2, 0) is 0 Å². The van der Waals surface area contributed by atoms with E-state index in [-0.39, 0.29) is 6.61 Å². The Morgan fingerprint density at radius 3 is 2.28 bits per heavy atom. The molecule has 0 fully saturated rings. The van der Waals surface area contributed by atoms with Gasteiger partial charge in [0.25, 0.3) is 0 Å². The fourth-order valence-corrected chi connectivity index (χ4v) is 1.72. The number of hydrogen-bond donors (Lipinski definition) is 1. The average Bonchev–Trinajstić information content (AvgIpc) is 2.38. The quantitative estimate of drug-likeness (QED) is 0.909. The van der Waals surface area contributed by atoms with Gasteiger partial charge in [0, 0.05) is 5.02 Å². The second-order valence-corrected chi connectivity index (χ2v) is 4.63. The summed E-state index contributed by atoms with van der Waals surface area (Å²) in [5.74, 6) is 0.700. The number of ether oxygens (including phenoxy) is 1. The van der Waals surface area contributed by atoms with E-state index < -0.39 is 6.10 Å². The molecule has 2 nitrogen and oxygen atoms in total. The van der Waals surface area contributed by atoms with Crippen LogP contribution in [0.5, 0.6) is 5.75 Å². The number of halogens is 1. The molecule has 2 rings (SSSR count). The molecule has 1 N–H and O–H groups in total. The largest absolute Gasteiger partial charge is 0.491 e. The van der Waals surface area contributed by atoms with Gasteiger partial charge in [-0.05, 0) is 36.8 Å². The third-order valence-corrected chi connectivity index (χ3v) is 2.94. The van der Waals surface area contributed by atoms with Gasteiger partial charge in [0.05, 0.1) is 0 Å². The zero-order chi connectivity index (χ0) is 13.0. The molecular weight excluding hydrogens is 248 g/mol. The molecule has 0 amide bonds. The van der Waals surface area contributed by atoms with Crippen LogP contribution in [0.25, 0.3) is 0 Å². The first-order valence-corrected chi connectivity index (χ1v) is 6.16. The van der Waals surface area contributed by atoms with Crippen LogP contribution in [0.3, 0.4) is 0 Å². The van der Waals surface area contributed by atoms with Gasteiger partial charge in [-0.1, -0.05) is 41.4 Å². The van der Waals surface area contributed by atoms with Crippen LogP contribution in [-0.4, -0.2) is 11.7 Å². The molecule has 2 aromatic carbocycles. The van der Waals surface area contributed by atoms with E-state index in [2.05, 4.69) is 0 Å². The molecule has 94 valence electrons. The molecule has 0 saturated carbocycles. The number of hydrogen-bond acceptors (Lipinski definition) is 2. The summed E-state index contributed by atoms with van der Waals surface area (Å²) in [7, 11) is 0. The highest BCUT2D eigenvalue weighted by atomic mass is 35.5. The maximum absolute atomic E-state index is 9.98. The highest BCUT2D eigenvalue weighted by molar-refractivity contribution is 6.30. The van der Waals surface area contributed by atoms with E-state index in [0.717, 1.165) is 5.56 Å². The predicted molar refractivity (Wildman–Crippen MR) is 73.1 cm³/mol. The standard InChI is InChI=1S/C15H15ClO2/c1-11-2-4-12(5-3-11)15(17)10-18-14-8-6-13(16)7-9-14/h2-9,15,17H,10H2,1H3. The zero-order valence-electron chi connectivity index (χ0n) is 10.1. The van der Waals surface area contributed by atoms with Crippen molar-refractivity contribution in [1.29, 1.82) is 0 Å². The monoisotopic (exact) mass is 262 g/mol. The Morgan fingerprint density at radius 1 is 1.06 bits per heavy atom. The summed E-state index contributed by atoms with van der Waals surface area (Å²) in [6.45, 7) is 2.24. The molecule has 18 heavy (non-hydrogen) atoms. The van der Waals surface area contributed by atoms with E-state index in [1.807, 2.05) is 31.2 Å². The van der Waals surface area contributed by atoms with E-state index in [1.165, 1.54) is 5.56 Å². The Hall–Kier alpha value is -1.51. The van der Waals surface area contributed by atoms with Crippen LogP contribution >= 0.6 is 11.6 Å². The zero-order valence-corrected chi connectivity index (χ0v) is 10.9. The summed E-state index contributed by atoms with van der Waals surface area (Å²) in [4.78, 5) is 0. The molecule has 1 atom stereocenters. The highest BCUT2D eigenvalue weighted by Crippen LogP contribution is 2.19. The van der Waals surface area contributed by atoms with Crippen LogP contribution in [0.15, 0.2) is 48.5 Å². The van der Waals surface area contributed by atoms with Gasteiger partial charge in [-0.2, -0.15) is 0 Å². The molecule has 0 bridgehead atoms. The van der Waals surface area contributed by atoms with Crippen LogP contribution in [0.2, 0.25) is 5.02 Å². The fourth-order valence-electron chi connectivity index (χ4n) is 1.59. The predicted octanol–water partition coefficient (Wildman–Crippen LogP) is 3.76. The second-order valence-electron chi connectivity index (χ2n) is 4.19. The molecule has 0 aromatic heterocycles. The lowest BCUT2D eigenvalue weighted by atomic mass is 10.1. The Labute approximate surface area is 112 Å². The molecule has 3 heteroatoms. The lowest BCUT2D eigenvalue weighted by Gasteiger charge is -2.13. The molecule has 0 aliphatic carbocycles. The first-order chi connectivity index (χ1) is 8.65. The fraction of sp³-hybridized carbons (Fsp3) is 0.200. The summed E-state index contributed by atoms with van der Waals surface area (Å²) in [6.07, 6.45) is -0.624. The van der Waals surface area contributed by atoms with Gasteiger partial charge in [0.1, 0.15) is 18.5 Å². The van der Waals surface area contributed by atoms with Crippen LogP contribution in [0, 0.1) is 6.92 Å². The first-order valence-electron chi connectivity index (χ1n) is 5.78. The van der Waals surface area contributed by atoms with E-state index in [9.17, 15) is 5.11 Å². The van der Waals surface area contributed by atoms with Gasteiger partial charge in [-0.15, -0.1) is 0 Å². The summed E-state index contributed by atoms with van der Waals surface area (Å²) < 4.78 is 5.50. The summed E-state index contributed by atoms with van der Waals surface area (Å²) in [5.41, 5.74) is 2.03. The minimum Gasteiger partial charge on any atom is -0.491 e. The first kappa shape index (κ1) is 12.9. The minimum atomic E-state index is -0.624. The topological polar surface area (TPSA) is 29.5 Å². The Bertz CT molecular complexity index is 491. The Morgan fingerprint density at radius 2 is 1.67 bits per heavy atom.